The number of aromatic amines is 1. The van der Waals surface area contributed by atoms with Crippen molar-refractivity contribution >= 4 is 41.0 Å². The molecule has 0 radical (unpaired) electrons. The largest absolute Gasteiger partial charge is 0.543 e. The van der Waals surface area contributed by atoms with Gasteiger partial charge in [-0.1, -0.05) is 29.3 Å². The third kappa shape index (κ3) is 3.24. The number of aromatic nitrogens is 1. The van der Waals surface area contributed by atoms with E-state index in [0.717, 1.165) is 0 Å². The number of carboxylic acid groups (broad SMARTS) is 1. The van der Waals surface area contributed by atoms with Crippen LogP contribution < -0.4 is 5.11 Å². The molecule has 6 heteroatoms. The first-order valence-corrected chi connectivity index (χ1v) is 7.14. The quantitative estimate of drug-likeness (QED) is 0.688. The lowest BCUT2D eigenvalue weighted by atomic mass is 10.0. The minimum Gasteiger partial charge on any atom is -0.543 e. The van der Waals surface area contributed by atoms with Crippen LogP contribution in [-0.4, -0.2) is 16.7 Å². The summed E-state index contributed by atoms with van der Waals surface area (Å²) in [4.78, 5) is 25.9. The Hall–Kier alpha value is -2.04. The van der Waals surface area contributed by atoms with E-state index in [1.165, 1.54) is 6.08 Å². The predicted octanol–water partition coefficient (Wildman–Crippen LogP) is 3.20. The maximum atomic E-state index is 12.3. The SMILES string of the molecule is Cc1[nH]c(C(=O)[O-])c(C)c1C(=O)/C=C/c1ccc(Cl)cc1Cl. The third-order valence-electron chi connectivity index (χ3n) is 3.26. The minimum absolute atomic E-state index is 0.0845. The Labute approximate surface area is 137 Å². The van der Waals surface area contributed by atoms with Crippen LogP contribution in [0.3, 0.4) is 0 Å². The topological polar surface area (TPSA) is 73.0 Å². The molecular formula is C16H12Cl2NO3-. The van der Waals surface area contributed by atoms with Gasteiger partial charge in [-0.05, 0) is 49.3 Å². The number of benzene rings is 1. The van der Waals surface area contributed by atoms with E-state index in [1.807, 2.05) is 0 Å². The molecule has 0 atom stereocenters. The van der Waals surface area contributed by atoms with Crippen LogP contribution in [0.4, 0.5) is 0 Å². The Morgan fingerprint density at radius 2 is 1.91 bits per heavy atom. The van der Waals surface area contributed by atoms with Crippen molar-refractivity contribution in [2.24, 2.45) is 0 Å². The summed E-state index contributed by atoms with van der Waals surface area (Å²) >= 11 is 11.8. The van der Waals surface area contributed by atoms with Crippen LogP contribution in [-0.2, 0) is 0 Å². The van der Waals surface area contributed by atoms with Gasteiger partial charge in [-0.25, -0.2) is 0 Å². The molecule has 0 aliphatic rings. The molecule has 0 saturated carbocycles. The number of carboxylic acids is 1. The minimum atomic E-state index is -1.34. The van der Waals surface area contributed by atoms with Gasteiger partial charge in [-0.3, -0.25) is 4.79 Å². The maximum absolute atomic E-state index is 12.3. The maximum Gasteiger partial charge on any atom is 0.187 e. The van der Waals surface area contributed by atoms with Crippen molar-refractivity contribution in [3.63, 3.8) is 0 Å². The molecule has 1 N–H and O–H groups in total. The first kappa shape index (κ1) is 16.3. The van der Waals surface area contributed by atoms with Crippen LogP contribution in [0, 0.1) is 13.8 Å². The number of aryl methyl sites for hydroxylation is 1. The van der Waals surface area contributed by atoms with E-state index >= 15 is 0 Å². The molecular weight excluding hydrogens is 325 g/mol. The summed E-state index contributed by atoms with van der Waals surface area (Å²) in [7, 11) is 0. The van der Waals surface area contributed by atoms with Gasteiger partial charge in [0.2, 0.25) is 0 Å². The summed E-state index contributed by atoms with van der Waals surface area (Å²) in [5.41, 5.74) is 1.72. The molecule has 114 valence electrons. The van der Waals surface area contributed by atoms with Crippen LogP contribution in [0.5, 0.6) is 0 Å². The lowest BCUT2D eigenvalue weighted by Gasteiger charge is -2.01. The van der Waals surface area contributed by atoms with Gasteiger partial charge in [0.05, 0.1) is 11.7 Å². The fraction of sp³-hybridized carbons (Fsp3) is 0.125. The first-order valence-electron chi connectivity index (χ1n) is 6.39. The van der Waals surface area contributed by atoms with Gasteiger partial charge >= 0.3 is 0 Å². The number of ketones is 1. The van der Waals surface area contributed by atoms with Crippen molar-refractivity contribution in [1.82, 2.24) is 4.98 Å². The number of aromatic carboxylic acids is 1. The number of nitrogens with one attached hydrogen (secondary N) is 1. The van der Waals surface area contributed by atoms with E-state index in [4.69, 9.17) is 23.2 Å². The molecule has 0 bridgehead atoms. The monoisotopic (exact) mass is 336 g/mol. The third-order valence-corrected chi connectivity index (χ3v) is 3.83. The van der Waals surface area contributed by atoms with E-state index in [2.05, 4.69) is 4.98 Å². The first-order chi connectivity index (χ1) is 10.3. The van der Waals surface area contributed by atoms with Crippen LogP contribution in [0.1, 0.15) is 37.7 Å². The van der Waals surface area contributed by atoms with Crippen molar-refractivity contribution in [3.8, 4) is 0 Å². The zero-order chi connectivity index (χ0) is 16.4. The summed E-state index contributed by atoms with van der Waals surface area (Å²) in [6.07, 6.45) is 2.91. The molecule has 22 heavy (non-hydrogen) atoms. The second-order valence-corrected chi connectivity index (χ2v) is 5.62. The predicted molar refractivity (Wildman–Crippen MR) is 84.4 cm³/mol. The van der Waals surface area contributed by atoms with Crippen molar-refractivity contribution in [2.45, 2.75) is 13.8 Å². The summed E-state index contributed by atoms with van der Waals surface area (Å²) < 4.78 is 0. The molecule has 0 amide bonds. The molecule has 1 heterocycles. The van der Waals surface area contributed by atoms with Gasteiger partial charge in [0.25, 0.3) is 0 Å². The fourth-order valence-electron chi connectivity index (χ4n) is 2.21. The lowest BCUT2D eigenvalue weighted by Crippen LogP contribution is -2.23. The zero-order valence-corrected chi connectivity index (χ0v) is 13.4. The van der Waals surface area contributed by atoms with Gasteiger partial charge in [0.15, 0.2) is 5.78 Å². The van der Waals surface area contributed by atoms with E-state index in [0.29, 0.717) is 32.4 Å². The highest BCUT2D eigenvalue weighted by molar-refractivity contribution is 6.35. The summed E-state index contributed by atoms with van der Waals surface area (Å²) in [5.74, 6) is -1.66. The molecule has 0 aliphatic carbocycles. The van der Waals surface area contributed by atoms with Crippen molar-refractivity contribution in [2.75, 3.05) is 0 Å². The van der Waals surface area contributed by atoms with Crippen molar-refractivity contribution in [1.29, 1.82) is 0 Å². The van der Waals surface area contributed by atoms with Crippen LogP contribution in [0.2, 0.25) is 10.0 Å². The average Bonchev–Trinajstić information content (AvgIpc) is 2.73. The molecule has 2 rings (SSSR count). The highest BCUT2D eigenvalue weighted by Crippen LogP contribution is 2.23. The summed E-state index contributed by atoms with van der Waals surface area (Å²) in [6.45, 7) is 3.20. The molecule has 4 nitrogen and oxygen atoms in total. The molecule has 1 aromatic carbocycles. The molecule has 0 aliphatic heterocycles. The average molecular weight is 337 g/mol. The molecule has 2 aromatic rings. The Balaban J connectivity index is 2.33. The number of rotatable bonds is 4. The summed E-state index contributed by atoms with van der Waals surface area (Å²) in [6, 6.07) is 4.94. The number of carbonyl (C=O) groups is 2. The van der Waals surface area contributed by atoms with Gasteiger partial charge in [0.1, 0.15) is 0 Å². The highest BCUT2D eigenvalue weighted by atomic mass is 35.5. The Bertz CT molecular complexity index is 791. The standard InChI is InChI=1S/C16H13Cl2NO3/c1-8-14(9(2)19-15(8)16(21)22)13(20)6-4-10-3-5-11(17)7-12(10)18/h3-7,19H,1-2H3,(H,21,22)/p-1/b6-4+. The van der Waals surface area contributed by atoms with Gasteiger partial charge in [-0.15, -0.1) is 0 Å². The smallest absolute Gasteiger partial charge is 0.187 e. The zero-order valence-electron chi connectivity index (χ0n) is 11.9. The van der Waals surface area contributed by atoms with Crippen LogP contribution in [0.15, 0.2) is 24.3 Å². The summed E-state index contributed by atoms with van der Waals surface area (Å²) in [5, 5.41) is 11.9. The molecule has 1 aromatic heterocycles. The normalized spacial score (nSPS) is 11.1. The number of carbonyl (C=O) groups excluding carboxylic acids is 2. The number of hydrogen-bond donors (Lipinski definition) is 1. The van der Waals surface area contributed by atoms with Gasteiger partial charge in [-0.2, -0.15) is 0 Å². The van der Waals surface area contributed by atoms with Crippen LogP contribution in [0.25, 0.3) is 6.08 Å². The van der Waals surface area contributed by atoms with Crippen molar-refractivity contribution in [3.05, 3.63) is 62.4 Å². The molecule has 0 fully saturated rings. The fourth-order valence-corrected chi connectivity index (χ4v) is 2.68. The lowest BCUT2D eigenvalue weighted by molar-refractivity contribution is -0.255. The second-order valence-electron chi connectivity index (χ2n) is 4.78. The Morgan fingerprint density at radius 3 is 2.45 bits per heavy atom. The second kappa shape index (κ2) is 6.38. The van der Waals surface area contributed by atoms with Crippen molar-refractivity contribution < 1.29 is 14.7 Å². The van der Waals surface area contributed by atoms with Crippen LogP contribution >= 0.6 is 23.2 Å². The number of halogens is 2. The Kier molecular flexibility index (Phi) is 4.74. The number of H-pyrrole nitrogens is 1. The van der Waals surface area contributed by atoms with E-state index in [9.17, 15) is 14.7 Å². The van der Waals surface area contributed by atoms with E-state index in [1.54, 1.807) is 38.1 Å². The van der Waals surface area contributed by atoms with Gasteiger partial charge in [0, 0.05) is 21.3 Å². The number of hydrogen-bond acceptors (Lipinski definition) is 3. The van der Waals surface area contributed by atoms with Gasteiger partial charge < -0.3 is 14.9 Å². The van der Waals surface area contributed by atoms with E-state index < -0.39 is 5.97 Å². The molecule has 0 spiro atoms. The van der Waals surface area contributed by atoms with E-state index in [-0.39, 0.29) is 11.5 Å². The molecule has 0 unspecified atom stereocenters. The molecule has 0 saturated heterocycles. The highest BCUT2D eigenvalue weighted by Gasteiger charge is 2.16. The Morgan fingerprint density at radius 1 is 1.23 bits per heavy atom. The number of allylic oxidation sites excluding steroid dienone is 1.